The van der Waals surface area contributed by atoms with Gasteiger partial charge >= 0.3 is 0 Å². The van der Waals surface area contributed by atoms with Crippen molar-refractivity contribution in [1.29, 1.82) is 0 Å². The van der Waals surface area contributed by atoms with Crippen LogP contribution in [0.3, 0.4) is 0 Å². The average molecular weight is 338 g/mol. The number of rotatable bonds is 4. The fraction of sp³-hybridized carbons (Fsp3) is 0.368. The van der Waals surface area contributed by atoms with E-state index in [0.717, 1.165) is 36.6 Å². The summed E-state index contributed by atoms with van der Waals surface area (Å²) in [5.41, 5.74) is 4.28. The van der Waals surface area contributed by atoms with Crippen LogP contribution in [-0.2, 0) is 18.3 Å². The van der Waals surface area contributed by atoms with Crippen LogP contribution < -0.4 is 0 Å². The number of aromatic nitrogens is 3. The first kappa shape index (κ1) is 16.1. The average Bonchev–Trinajstić information content (AvgIpc) is 3.25. The number of morpholine rings is 1. The third-order valence-electron chi connectivity index (χ3n) is 4.58. The molecule has 0 bridgehead atoms. The SMILES string of the molecule is Cc1ccc(-c2nc(CN3CCOC(c4ccnn4C)C3)co2)cc1. The summed E-state index contributed by atoms with van der Waals surface area (Å²) in [6.45, 7) is 5.25. The molecule has 2 aromatic heterocycles. The van der Waals surface area contributed by atoms with Crippen molar-refractivity contribution in [1.82, 2.24) is 19.7 Å². The quantitative estimate of drug-likeness (QED) is 0.732. The molecule has 0 N–H and O–H groups in total. The van der Waals surface area contributed by atoms with Crippen LogP contribution >= 0.6 is 0 Å². The Kier molecular flexibility index (Phi) is 4.38. The number of benzene rings is 1. The molecule has 1 unspecified atom stereocenters. The number of hydrogen-bond donors (Lipinski definition) is 0. The van der Waals surface area contributed by atoms with Gasteiger partial charge in [0.05, 0.1) is 18.0 Å². The van der Waals surface area contributed by atoms with E-state index in [9.17, 15) is 0 Å². The molecule has 130 valence electrons. The summed E-state index contributed by atoms with van der Waals surface area (Å²) >= 11 is 0. The Morgan fingerprint density at radius 3 is 2.80 bits per heavy atom. The molecule has 25 heavy (non-hydrogen) atoms. The summed E-state index contributed by atoms with van der Waals surface area (Å²) in [6.07, 6.45) is 3.61. The van der Waals surface area contributed by atoms with E-state index in [4.69, 9.17) is 9.15 Å². The Balaban J connectivity index is 1.44. The molecule has 3 aromatic rings. The normalized spacial score (nSPS) is 18.6. The summed E-state index contributed by atoms with van der Waals surface area (Å²) in [4.78, 5) is 6.99. The molecule has 0 aliphatic carbocycles. The minimum atomic E-state index is 0.0460. The maximum absolute atomic E-state index is 5.91. The van der Waals surface area contributed by atoms with Crippen molar-refractivity contribution in [2.45, 2.75) is 19.6 Å². The third-order valence-corrected chi connectivity index (χ3v) is 4.58. The molecule has 1 aliphatic rings. The van der Waals surface area contributed by atoms with E-state index >= 15 is 0 Å². The lowest BCUT2D eigenvalue weighted by Crippen LogP contribution is -2.38. The lowest BCUT2D eigenvalue weighted by atomic mass is 10.1. The maximum atomic E-state index is 5.91. The number of nitrogens with zero attached hydrogens (tertiary/aromatic N) is 4. The second kappa shape index (κ2) is 6.82. The van der Waals surface area contributed by atoms with Gasteiger partial charge in [-0.15, -0.1) is 0 Å². The lowest BCUT2D eigenvalue weighted by Gasteiger charge is -2.32. The van der Waals surface area contributed by atoms with Crippen LogP contribution in [0, 0.1) is 6.92 Å². The van der Waals surface area contributed by atoms with Crippen LogP contribution in [-0.4, -0.2) is 39.4 Å². The van der Waals surface area contributed by atoms with Crippen LogP contribution in [0.25, 0.3) is 11.5 Å². The van der Waals surface area contributed by atoms with E-state index in [1.54, 1.807) is 6.26 Å². The van der Waals surface area contributed by atoms with Crippen LogP contribution in [0.4, 0.5) is 0 Å². The minimum Gasteiger partial charge on any atom is -0.444 e. The molecule has 0 radical (unpaired) electrons. The fourth-order valence-corrected chi connectivity index (χ4v) is 3.16. The van der Waals surface area contributed by atoms with Gasteiger partial charge in [0.1, 0.15) is 12.4 Å². The molecule has 1 aliphatic heterocycles. The summed E-state index contributed by atoms with van der Waals surface area (Å²) in [7, 11) is 1.95. The van der Waals surface area contributed by atoms with Crippen molar-refractivity contribution >= 4 is 0 Å². The smallest absolute Gasteiger partial charge is 0.226 e. The molecule has 0 spiro atoms. The molecule has 4 rings (SSSR count). The van der Waals surface area contributed by atoms with E-state index < -0.39 is 0 Å². The monoisotopic (exact) mass is 338 g/mol. The summed E-state index contributed by atoms with van der Waals surface area (Å²) in [5.74, 6) is 0.673. The molecule has 1 fully saturated rings. The van der Waals surface area contributed by atoms with Gasteiger partial charge in [-0.25, -0.2) is 4.98 Å². The molecule has 6 heteroatoms. The standard InChI is InChI=1S/C19H22N4O2/c1-14-3-5-15(6-4-14)19-21-16(13-25-19)11-23-9-10-24-18(12-23)17-7-8-20-22(17)2/h3-8,13,18H,9-12H2,1-2H3. The topological polar surface area (TPSA) is 56.3 Å². The highest BCUT2D eigenvalue weighted by molar-refractivity contribution is 5.53. The second-order valence-corrected chi connectivity index (χ2v) is 6.48. The highest BCUT2D eigenvalue weighted by Crippen LogP contribution is 2.24. The van der Waals surface area contributed by atoms with Gasteiger partial charge in [-0.05, 0) is 25.1 Å². The van der Waals surface area contributed by atoms with Crippen molar-refractivity contribution in [2.75, 3.05) is 19.7 Å². The van der Waals surface area contributed by atoms with Gasteiger partial charge in [-0.2, -0.15) is 5.10 Å². The number of aryl methyl sites for hydroxylation is 2. The zero-order valence-corrected chi connectivity index (χ0v) is 14.6. The maximum Gasteiger partial charge on any atom is 0.226 e. The summed E-state index contributed by atoms with van der Waals surface area (Å²) in [6, 6.07) is 10.2. The van der Waals surface area contributed by atoms with Gasteiger partial charge in [-0.1, -0.05) is 17.7 Å². The van der Waals surface area contributed by atoms with Crippen LogP contribution in [0.5, 0.6) is 0 Å². The largest absolute Gasteiger partial charge is 0.444 e. The van der Waals surface area contributed by atoms with Gasteiger partial charge in [0.2, 0.25) is 5.89 Å². The highest BCUT2D eigenvalue weighted by Gasteiger charge is 2.24. The van der Waals surface area contributed by atoms with E-state index in [1.165, 1.54) is 5.56 Å². The Bertz CT molecular complexity index is 837. The van der Waals surface area contributed by atoms with Crippen molar-refractivity contribution in [3.05, 3.63) is 59.7 Å². The molecule has 1 saturated heterocycles. The predicted octanol–water partition coefficient (Wildman–Crippen LogP) is 2.96. The fourth-order valence-electron chi connectivity index (χ4n) is 3.16. The van der Waals surface area contributed by atoms with Gasteiger partial charge in [0, 0.05) is 38.4 Å². The molecule has 1 atom stereocenters. The molecule has 0 amide bonds. The van der Waals surface area contributed by atoms with Crippen LogP contribution in [0.1, 0.15) is 23.1 Å². The van der Waals surface area contributed by atoms with Crippen LogP contribution in [0.15, 0.2) is 47.2 Å². The Morgan fingerprint density at radius 2 is 2.04 bits per heavy atom. The molecule has 1 aromatic carbocycles. The van der Waals surface area contributed by atoms with Gasteiger partial charge in [-0.3, -0.25) is 9.58 Å². The van der Waals surface area contributed by atoms with Crippen molar-refractivity contribution in [3.63, 3.8) is 0 Å². The summed E-state index contributed by atoms with van der Waals surface area (Å²) < 4.78 is 13.5. The highest BCUT2D eigenvalue weighted by atomic mass is 16.5. The molecule has 3 heterocycles. The number of ether oxygens (including phenoxy) is 1. The third kappa shape index (κ3) is 3.50. The zero-order valence-electron chi connectivity index (χ0n) is 14.6. The van der Waals surface area contributed by atoms with Crippen molar-refractivity contribution in [2.24, 2.45) is 7.05 Å². The van der Waals surface area contributed by atoms with E-state index in [0.29, 0.717) is 12.5 Å². The Morgan fingerprint density at radius 1 is 1.20 bits per heavy atom. The number of hydrogen-bond acceptors (Lipinski definition) is 5. The predicted molar refractivity (Wildman–Crippen MR) is 93.9 cm³/mol. The zero-order chi connectivity index (χ0) is 17.2. The van der Waals surface area contributed by atoms with E-state index in [2.05, 4.69) is 34.0 Å². The second-order valence-electron chi connectivity index (χ2n) is 6.48. The Labute approximate surface area is 147 Å². The lowest BCUT2D eigenvalue weighted by molar-refractivity contribution is -0.0370. The van der Waals surface area contributed by atoms with E-state index in [1.807, 2.05) is 36.1 Å². The summed E-state index contributed by atoms with van der Waals surface area (Å²) in [5, 5.41) is 4.23. The Hall–Kier alpha value is -2.44. The van der Waals surface area contributed by atoms with Crippen molar-refractivity contribution < 1.29 is 9.15 Å². The minimum absolute atomic E-state index is 0.0460. The number of oxazole rings is 1. The molecule has 0 saturated carbocycles. The molecule has 6 nitrogen and oxygen atoms in total. The van der Waals surface area contributed by atoms with Crippen LogP contribution in [0.2, 0.25) is 0 Å². The van der Waals surface area contributed by atoms with Crippen molar-refractivity contribution in [3.8, 4) is 11.5 Å². The first-order valence-electron chi connectivity index (χ1n) is 8.52. The first-order valence-corrected chi connectivity index (χ1v) is 8.52. The molecular weight excluding hydrogens is 316 g/mol. The first-order chi connectivity index (χ1) is 12.2. The van der Waals surface area contributed by atoms with Gasteiger partial charge in [0.15, 0.2) is 0 Å². The van der Waals surface area contributed by atoms with Gasteiger partial charge < -0.3 is 9.15 Å². The van der Waals surface area contributed by atoms with Gasteiger partial charge in [0.25, 0.3) is 0 Å². The molecular formula is C19H22N4O2. The van der Waals surface area contributed by atoms with E-state index in [-0.39, 0.29) is 6.10 Å².